The summed E-state index contributed by atoms with van der Waals surface area (Å²) >= 11 is 0. The summed E-state index contributed by atoms with van der Waals surface area (Å²) in [6.07, 6.45) is 4.36. The van der Waals surface area contributed by atoms with Crippen molar-refractivity contribution in [3.63, 3.8) is 0 Å². The smallest absolute Gasteiger partial charge is 0.339 e. The zero-order valence-corrected chi connectivity index (χ0v) is 14.0. The van der Waals surface area contributed by atoms with Crippen molar-refractivity contribution >= 4 is 22.8 Å². The van der Waals surface area contributed by atoms with Crippen molar-refractivity contribution in [2.24, 2.45) is 0 Å². The third-order valence-corrected chi connectivity index (χ3v) is 4.35. The van der Waals surface area contributed by atoms with Gasteiger partial charge in [-0.15, -0.1) is 0 Å². The molecule has 1 aliphatic heterocycles. The monoisotopic (exact) mass is 326 g/mol. The average Bonchev–Trinajstić information content (AvgIpc) is 2.88. The van der Waals surface area contributed by atoms with Crippen LogP contribution in [0.1, 0.15) is 41.7 Å². The van der Waals surface area contributed by atoms with Crippen LogP contribution in [0.2, 0.25) is 0 Å². The molecule has 3 rings (SSSR count). The molecule has 1 saturated heterocycles. The number of amides is 1. The first-order valence-corrected chi connectivity index (χ1v) is 8.46. The van der Waals surface area contributed by atoms with Crippen LogP contribution in [-0.2, 0) is 9.53 Å². The molecule has 0 aliphatic carbocycles. The Morgan fingerprint density at radius 1 is 1.12 bits per heavy atom. The van der Waals surface area contributed by atoms with Gasteiger partial charge >= 0.3 is 5.97 Å². The number of carbonyl (C=O) groups is 2. The van der Waals surface area contributed by atoms with E-state index in [1.165, 1.54) is 0 Å². The molecular weight excluding hydrogens is 304 g/mol. The van der Waals surface area contributed by atoms with Gasteiger partial charge in [0.2, 0.25) is 0 Å². The highest BCUT2D eigenvalue weighted by atomic mass is 16.5. The molecule has 5 nitrogen and oxygen atoms in total. The van der Waals surface area contributed by atoms with Gasteiger partial charge in [-0.2, -0.15) is 0 Å². The zero-order chi connectivity index (χ0) is 16.9. The highest BCUT2D eigenvalue weighted by molar-refractivity contribution is 6.04. The fraction of sp³-hybridized carbons (Fsp3) is 0.421. The molecule has 0 saturated carbocycles. The van der Waals surface area contributed by atoms with Gasteiger partial charge in [-0.1, -0.05) is 31.0 Å². The Balaban J connectivity index is 1.70. The molecule has 0 unspecified atom stereocenters. The lowest BCUT2D eigenvalue weighted by Crippen LogP contribution is -2.35. The lowest BCUT2D eigenvalue weighted by atomic mass is 10.1. The Morgan fingerprint density at radius 2 is 1.83 bits per heavy atom. The molecule has 1 aromatic carbocycles. The minimum absolute atomic E-state index is 0.111. The molecule has 1 amide bonds. The first-order valence-electron chi connectivity index (χ1n) is 8.46. The van der Waals surface area contributed by atoms with Crippen molar-refractivity contribution in [2.75, 3.05) is 19.7 Å². The minimum Gasteiger partial charge on any atom is -0.452 e. The van der Waals surface area contributed by atoms with Crippen LogP contribution in [0.25, 0.3) is 10.9 Å². The number of carbonyl (C=O) groups excluding carboxylic acids is 2. The van der Waals surface area contributed by atoms with Crippen molar-refractivity contribution < 1.29 is 14.3 Å². The molecule has 5 heteroatoms. The molecule has 1 aliphatic rings. The van der Waals surface area contributed by atoms with Gasteiger partial charge < -0.3 is 9.64 Å². The predicted octanol–water partition coefficient (Wildman–Crippen LogP) is 3.10. The number of benzene rings is 1. The second-order valence-electron chi connectivity index (χ2n) is 6.20. The summed E-state index contributed by atoms with van der Waals surface area (Å²) in [5.41, 5.74) is 1.96. The van der Waals surface area contributed by atoms with Gasteiger partial charge in [0.25, 0.3) is 5.91 Å². The molecule has 0 radical (unpaired) electrons. The first kappa shape index (κ1) is 16.4. The number of pyridine rings is 1. The van der Waals surface area contributed by atoms with Crippen molar-refractivity contribution in [1.82, 2.24) is 9.88 Å². The highest BCUT2D eigenvalue weighted by Crippen LogP contribution is 2.19. The number of ether oxygens (including phenoxy) is 1. The molecular formula is C19H22N2O3. The van der Waals surface area contributed by atoms with E-state index in [0.29, 0.717) is 5.56 Å². The quantitative estimate of drug-likeness (QED) is 0.813. The van der Waals surface area contributed by atoms with Crippen LogP contribution in [0.15, 0.2) is 30.3 Å². The number of hydrogen-bond donors (Lipinski definition) is 0. The third-order valence-electron chi connectivity index (χ3n) is 4.35. The summed E-state index contributed by atoms with van der Waals surface area (Å²) in [4.78, 5) is 30.9. The molecule has 1 fully saturated rings. The van der Waals surface area contributed by atoms with Crippen LogP contribution in [0, 0.1) is 6.92 Å². The molecule has 1 aromatic heterocycles. The summed E-state index contributed by atoms with van der Waals surface area (Å²) in [6, 6.07) is 9.16. The van der Waals surface area contributed by atoms with E-state index >= 15 is 0 Å². The number of esters is 1. The van der Waals surface area contributed by atoms with Crippen LogP contribution in [0.3, 0.4) is 0 Å². The SMILES string of the molecule is Cc1cc(C(=O)OCC(=O)N2CCCCCC2)c2ccccc2n1. The zero-order valence-electron chi connectivity index (χ0n) is 14.0. The van der Waals surface area contributed by atoms with Gasteiger partial charge in [-0.3, -0.25) is 9.78 Å². The number of para-hydroxylation sites is 1. The fourth-order valence-electron chi connectivity index (χ4n) is 3.09. The average molecular weight is 326 g/mol. The standard InChI is InChI=1S/C19H22N2O3/c1-14-12-16(15-8-4-5-9-17(15)20-14)19(23)24-13-18(22)21-10-6-2-3-7-11-21/h4-5,8-9,12H,2-3,6-7,10-11,13H2,1H3. The van der Waals surface area contributed by atoms with Crippen molar-refractivity contribution in [3.8, 4) is 0 Å². The first-order chi connectivity index (χ1) is 11.6. The fourth-order valence-corrected chi connectivity index (χ4v) is 3.09. The Kier molecular flexibility index (Phi) is 5.08. The number of hydrogen-bond acceptors (Lipinski definition) is 4. The molecule has 0 atom stereocenters. The van der Waals surface area contributed by atoms with Crippen LogP contribution < -0.4 is 0 Å². The molecule has 126 valence electrons. The van der Waals surface area contributed by atoms with Gasteiger partial charge in [0, 0.05) is 24.2 Å². The van der Waals surface area contributed by atoms with Crippen molar-refractivity contribution in [3.05, 3.63) is 41.6 Å². The van der Waals surface area contributed by atoms with E-state index in [-0.39, 0.29) is 12.5 Å². The number of nitrogens with zero attached hydrogens (tertiary/aromatic N) is 2. The maximum Gasteiger partial charge on any atom is 0.339 e. The van der Waals surface area contributed by atoms with Crippen LogP contribution in [-0.4, -0.2) is 41.5 Å². The number of rotatable bonds is 3. The second-order valence-corrected chi connectivity index (χ2v) is 6.20. The Morgan fingerprint density at radius 3 is 2.58 bits per heavy atom. The highest BCUT2D eigenvalue weighted by Gasteiger charge is 2.19. The topological polar surface area (TPSA) is 59.5 Å². The van der Waals surface area contributed by atoms with E-state index in [9.17, 15) is 9.59 Å². The van der Waals surface area contributed by atoms with Gasteiger partial charge in [-0.25, -0.2) is 4.79 Å². The third kappa shape index (κ3) is 3.72. The van der Waals surface area contributed by atoms with Crippen LogP contribution in [0.4, 0.5) is 0 Å². The molecule has 2 heterocycles. The maximum atomic E-state index is 12.4. The summed E-state index contributed by atoms with van der Waals surface area (Å²) in [5.74, 6) is -0.583. The van der Waals surface area contributed by atoms with Gasteiger partial charge in [0.05, 0.1) is 11.1 Å². The van der Waals surface area contributed by atoms with E-state index in [4.69, 9.17) is 4.74 Å². The van der Waals surface area contributed by atoms with Crippen LogP contribution in [0.5, 0.6) is 0 Å². The van der Waals surface area contributed by atoms with Crippen LogP contribution >= 0.6 is 0 Å². The largest absolute Gasteiger partial charge is 0.452 e. The Hall–Kier alpha value is -2.43. The lowest BCUT2D eigenvalue weighted by molar-refractivity contribution is -0.134. The summed E-state index contributed by atoms with van der Waals surface area (Å²) in [6.45, 7) is 3.15. The maximum absolute atomic E-state index is 12.4. The van der Waals surface area contributed by atoms with Gasteiger partial charge in [-0.05, 0) is 31.9 Å². The van der Waals surface area contributed by atoms with E-state index in [1.807, 2.05) is 31.2 Å². The molecule has 2 aromatic rings. The van der Waals surface area contributed by atoms with Crippen molar-refractivity contribution in [2.45, 2.75) is 32.6 Å². The number of fused-ring (bicyclic) bond motifs is 1. The molecule has 0 bridgehead atoms. The van der Waals surface area contributed by atoms with E-state index < -0.39 is 5.97 Å². The Labute approximate surface area is 141 Å². The van der Waals surface area contributed by atoms with E-state index in [0.717, 1.165) is 55.4 Å². The number of likely N-dealkylation sites (tertiary alicyclic amines) is 1. The van der Waals surface area contributed by atoms with Gasteiger partial charge in [0.1, 0.15) is 0 Å². The van der Waals surface area contributed by atoms with Gasteiger partial charge in [0.15, 0.2) is 6.61 Å². The van der Waals surface area contributed by atoms with E-state index in [2.05, 4.69) is 4.98 Å². The molecule has 0 spiro atoms. The van der Waals surface area contributed by atoms with Crippen molar-refractivity contribution in [1.29, 1.82) is 0 Å². The van der Waals surface area contributed by atoms with E-state index in [1.54, 1.807) is 11.0 Å². The normalized spacial score (nSPS) is 15.1. The summed E-state index contributed by atoms with van der Waals surface area (Å²) < 4.78 is 5.29. The number of aryl methyl sites for hydroxylation is 1. The lowest BCUT2D eigenvalue weighted by Gasteiger charge is -2.20. The number of aromatic nitrogens is 1. The molecule has 24 heavy (non-hydrogen) atoms. The summed E-state index contributed by atoms with van der Waals surface area (Å²) in [5, 5.41) is 0.746. The summed E-state index contributed by atoms with van der Waals surface area (Å²) in [7, 11) is 0. The predicted molar refractivity (Wildman–Crippen MR) is 91.8 cm³/mol. The minimum atomic E-state index is -0.472. The Bertz CT molecular complexity index is 749. The molecule has 0 N–H and O–H groups in total. The second kappa shape index (κ2) is 7.43.